The van der Waals surface area contributed by atoms with Gasteiger partial charge in [0, 0.05) is 24.4 Å². The van der Waals surface area contributed by atoms with Gasteiger partial charge in [0.1, 0.15) is 0 Å². The molecule has 3 nitrogen and oxygen atoms in total. The van der Waals surface area contributed by atoms with Crippen LogP contribution in [0.25, 0.3) is 0 Å². The number of likely N-dealkylation sites (N-methyl/N-ethyl adjacent to an activating group) is 1. The lowest BCUT2D eigenvalue weighted by Crippen LogP contribution is -2.43. The SMILES string of the molecule is CNC(C(C)c1ccncc1)C1C(C)OC(C)C1C. The Morgan fingerprint density at radius 1 is 1.16 bits per heavy atom. The quantitative estimate of drug-likeness (QED) is 0.906. The highest BCUT2D eigenvalue weighted by atomic mass is 16.5. The third-order valence-corrected chi connectivity index (χ3v) is 4.84. The molecule has 6 unspecified atom stereocenters. The molecule has 19 heavy (non-hydrogen) atoms. The summed E-state index contributed by atoms with van der Waals surface area (Å²) in [6, 6.07) is 4.66. The molecule has 1 fully saturated rings. The maximum atomic E-state index is 6.00. The predicted molar refractivity (Wildman–Crippen MR) is 78.2 cm³/mol. The number of nitrogens with zero attached hydrogens (tertiary/aromatic N) is 1. The van der Waals surface area contributed by atoms with Crippen LogP contribution in [0.4, 0.5) is 0 Å². The zero-order valence-corrected chi connectivity index (χ0v) is 12.6. The van der Waals surface area contributed by atoms with E-state index in [0.29, 0.717) is 36.0 Å². The summed E-state index contributed by atoms with van der Waals surface area (Å²) >= 11 is 0. The van der Waals surface area contributed by atoms with E-state index in [-0.39, 0.29) is 0 Å². The van der Waals surface area contributed by atoms with Crippen molar-refractivity contribution < 1.29 is 4.74 Å². The highest BCUT2D eigenvalue weighted by Crippen LogP contribution is 2.38. The van der Waals surface area contributed by atoms with E-state index in [9.17, 15) is 0 Å². The zero-order chi connectivity index (χ0) is 14.0. The van der Waals surface area contributed by atoms with E-state index in [4.69, 9.17) is 4.74 Å². The lowest BCUT2D eigenvalue weighted by Gasteiger charge is -2.33. The van der Waals surface area contributed by atoms with Gasteiger partial charge in [0.15, 0.2) is 0 Å². The average Bonchev–Trinajstić information content (AvgIpc) is 2.67. The van der Waals surface area contributed by atoms with E-state index < -0.39 is 0 Å². The molecule has 1 saturated heterocycles. The number of hydrogen-bond donors (Lipinski definition) is 1. The summed E-state index contributed by atoms with van der Waals surface area (Å²) in [4.78, 5) is 4.11. The fourth-order valence-corrected chi connectivity index (χ4v) is 3.56. The minimum atomic E-state index is 0.312. The predicted octanol–water partition coefficient (Wildman–Crippen LogP) is 2.83. The van der Waals surface area contributed by atoms with Crippen LogP contribution in [0.2, 0.25) is 0 Å². The van der Waals surface area contributed by atoms with Crippen molar-refractivity contribution in [1.29, 1.82) is 0 Å². The van der Waals surface area contributed by atoms with Gasteiger partial charge in [-0.3, -0.25) is 4.98 Å². The number of nitrogens with one attached hydrogen (secondary N) is 1. The Hall–Kier alpha value is -0.930. The molecule has 6 atom stereocenters. The van der Waals surface area contributed by atoms with Crippen molar-refractivity contribution in [3.63, 3.8) is 0 Å². The van der Waals surface area contributed by atoms with E-state index in [2.05, 4.69) is 57.2 Å². The van der Waals surface area contributed by atoms with Gasteiger partial charge in [-0.2, -0.15) is 0 Å². The summed E-state index contributed by atoms with van der Waals surface area (Å²) in [7, 11) is 2.06. The van der Waals surface area contributed by atoms with Crippen LogP contribution in [0, 0.1) is 11.8 Å². The van der Waals surface area contributed by atoms with Gasteiger partial charge in [0.2, 0.25) is 0 Å². The molecule has 2 heterocycles. The van der Waals surface area contributed by atoms with Gasteiger partial charge in [0.05, 0.1) is 12.2 Å². The van der Waals surface area contributed by atoms with Crippen LogP contribution >= 0.6 is 0 Å². The second kappa shape index (κ2) is 6.02. The van der Waals surface area contributed by atoms with Crippen LogP contribution in [0.15, 0.2) is 24.5 Å². The molecule has 0 saturated carbocycles. The summed E-state index contributed by atoms with van der Waals surface area (Å²) in [5, 5.41) is 3.52. The second-order valence-corrected chi connectivity index (χ2v) is 5.87. The number of aromatic nitrogens is 1. The van der Waals surface area contributed by atoms with Crippen molar-refractivity contribution >= 4 is 0 Å². The molecule has 1 aliphatic heterocycles. The van der Waals surface area contributed by atoms with E-state index >= 15 is 0 Å². The molecule has 106 valence electrons. The Morgan fingerprint density at radius 2 is 1.79 bits per heavy atom. The number of rotatable bonds is 4. The standard InChI is InChI=1S/C16H26N2O/c1-10-12(3)19-13(4)15(10)16(17-5)11(2)14-6-8-18-9-7-14/h6-13,15-17H,1-5H3. The first kappa shape index (κ1) is 14.5. The molecule has 3 heteroatoms. The molecular weight excluding hydrogens is 236 g/mol. The van der Waals surface area contributed by atoms with Crippen LogP contribution in [0.5, 0.6) is 0 Å². The first-order valence-electron chi connectivity index (χ1n) is 7.29. The summed E-state index contributed by atoms with van der Waals surface area (Å²) in [6.07, 6.45) is 4.41. The van der Waals surface area contributed by atoms with Crippen LogP contribution in [0.3, 0.4) is 0 Å². The van der Waals surface area contributed by atoms with Crippen LogP contribution in [-0.2, 0) is 4.74 Å². The van der Waals surface area contributed by atoms with Crippen molar-refractivity contribution in [3.05, 3.63) is 30.1 Å². The van der Waals surface area contributed by atoms with Crippen molar-refractivity contribution in [3.8, 4) is 0 Å². The van der Waals surface area contributed by atoms with Gasteiger partial charge in [-0.15, -0.1) is 0 Å². The molecule has 1 aromatic heterocycles. The molecule has 0 spiro atoms. The minimum absolute atomic E-state index is 0.312. The Morgan fingerprint density at radius 3 is 2.26 bits per heavy atom. The molecule has 0 radical (unpaired) electrons. The van der Waals surface area contributed by atoms with E-state index in [1.165, 1.54) is 5.56 Å². The third-order valence-electron chi connectivity index (χ3n) is 4.84. The molecular formula is C16H26N2O. The molecule has 0 aliphatic carbocycles. The monoisotopic (exact) mass is 262 g/mol. The highest BCUT2D eigenvalue weighted by Gasteiger charge is 2.42. The highest BCUT2D eigenvalue weighted by molar-refractivity contribution is 5.18. The lowest BCUT2D eigenvalue weighted by molar-refractivity contribution is 0.0469. The average molecular weight is 262 g/mol. The van der Waals surface area contributed by atoms with Crippen molar-refractivity contribution in [2.24, 2.45) is 11.8 Å². The third kappa shape index (κ3) is 2.82. The van der Waals surface area contributed by atoms with Gasteiger partial charge in [-0.1, -0.05) is 13.8 Å². The van der Waals surface area contributed by atoms with Gasteiger partial charge in [-0.25, -0.2) is 0 Å². The van der Waals surface area contributed by atoms with Gasteiger partial charge in [0.25, 0.3) is 0 Å². The van der Waals surface area contributed by atoms with Gasteiger partial charge < -0.3 is 10.1 Å². The Balaban J connectivity index is 2.20. The Kier molecular flexibility index (Phi) is 4.58. The van der Waals surface area contributed by atoms with Gasteiger partial charge in [-0.05, 0) is 50.4 Å². The first-order chi connectivity index (χ1) is 9.06. The van der Waals surface area contributed by atoms with Gasteiger partial charge >= 0.3 is 0 Å². The Bertz CT molecular complexity index is 395. The van der Waals surface area contributed by atoms with E-state index in [0.717, 1.165) is 0 Å². The molecule has 0 aromatic carbocycles. The lowest BCUT2D eigenvalue weighted by atomic mass is 9.76. The fraction of sp³-hybridized carbons (Fsp3) is 0.688. The van der Waals surface area contributed by atoms with Crippen molar-refractivity contribution in [1.82, 2.24) is 10.3 Å². The van der Waals surface area contributed by atoms with Crippen LogP contribution < -0.4 is 5.32 Å². The largest absolute Gasteiger partial charge is 0.375 e. The normalized spacial score (nSPS) is 34.2. The molecule has 1 N–H and O–H groups in total. The summed E-state index contributed by atoms with van der Waals surface area (Å²) in [6.45, 7) is 8.99. The maximum Gasteiger partial charge on any atom is 0.0597 e. The smallest absolute Gasteiger partial charge is 0.0597 e. The minimum Gasteiger partial charge on any atom is -0.375 e. The Labute approximate surface area is 116 Å². The summed E-state index contributed by atoms with van der Waals surface area (Å²) < 4.78 is 6.00. The number of hydrogen-bond acceptors (Lipinski definition) is 3. The maximum absolute atomic E-state index is 6.00. The van der Waals surface area contributed by atoms with E-state index in [1.807, 2.05) is 12.4 Å². The van der Waals surface area contributed by atoms with Crippen LogP contribution in [-0.4, -0.2) is 30.3 Å². The van der Waals surface area contributed by atoms with Crippen molar-refractivity contribution in [2.45, 2.75) is 51.9 Å². The molecule has 1 aliphatic rings. The molecule has 1 aromatic rings. The second-order valence-electron chi connectivity index (χ2n) is 5.87. The topological polar surface area (TPSA) is 34.2 Å². The summed E-state index contributed by atoms with van der Waals surface area (Å²) in [5.41, 5.74) is 1.34. The summed E-state index contributed by atoms with van der Waals surface area (Å²) in [5.74, 6) is 1.58. The first-order valence-corrected chi connectivity index (χ1v) is 7.29. The van der Waals surface area contributed by atoms with Crippen LogP contribution in [0.1, 0.15) is 39.2 Å². The van der Waals surface area contributed by atoms with E-state index in [1.54, 1.807) is 0 Å². The van der Waals surface area contributed by atoms with Crippen molar-refractivity contribution in [2.75, 3.05) is 7.05 Å². The number of pyridine rings is 1. The molecule has 2 rings (SSSR count). The number of ether oxygens (including phenoxy) is 1. The molecule has 0 amide bonds. The zero-order valence-electron chi connectivity index (χ0n) is 12.6. The fourth-order valence-electron chi connectivity index (χ4n) is 3.56. The molecule has 0 bridgehead atoms.